The third-order valence-corrected chi connectivity index (χ3v) is 12.9. The van der Waals surface area contributed by atoms with E-state index in [1.54, 1.807) is 0 Å². The summed E-state index contributed by atoms with van der Waals surface area (Å²) in [5.41, 5.74) is 0. The predicted molar refractivity (Wildman–Crippen MR) is 287 cm³/mol. The van der Waals surface area contributed by atoms with Gasteiger partial charge in [0, 0.05) is 6.42 Å². The molecule has 0 bridgehead atoms. The van der Waals surface area contributed by atoms with Gasteiger partial charge in [0.05, 0.1) is 25.2 Å². The molecular weight excluding hydrogens is 815 g/mol. The lowest BCUT2D eigenvalue weighted by atomic mass is 10.0. The largest absolute Gasteiger partial charge is 0.462 e. The third-order valence-electron chi connectivity index (χ3n) is 12.9. The van der Waals surface area contributed by atoms with Gasteiger partial charge >= 0.3 is 5.97 Å². The van der Waals surface area contributed by atoms with Crippen molar-refractivity contribution in [2.45, 2.75) is 302 Å². The monoisotopic (exact) mass is 924 g/mol. The quantitative estimate of drug-likeness (QED) is 0.0321. The van der Waals surface area contributed by atoms with Gasteiger partial charge in [-0.1, -0.05) is 261 Å². The van der Waals surface area contributed by atoms with Crippen molar-refractivity contribution in [3.8, 4) is 0 Å². The smallest absolute Gasteiger partial charge is 0.306 e. The van der Waals surface area contributed by atoms with E-state index in [9.17, 15) is 19.8 Å². The maximum atomic E-state index is 13.3. The van der Waals surface area contributed by atoms with Crippen LogP contribution < -0.4 is 5.32 Å². The van der Waals surface area contributed by atoms with Crippen molar-refractivity contribution in [2.24, 2.45) is 0 Å². The number of hydrogen-bond donors (Lipinski definition) is 3. The molecule has 0 rings (SSSR count). The Morgan fingerprint density at radius 3 is 1.26 bits per heavy atom. The Morgan fingerprint density at radius 2 is 0.818 bits per heavy atom. The van der Waals surface area contributed by atoms with Crippen LogP contribution in [-0.2, 0) is 14.3 Å². The van der Waals surface area contributed by atoms with E-state index >= 15 is 0 Å². The van der Waals surface area contributed by atoms with E-state index in [0.29, 0.717) is 19.3 Å². The first-order valence-corrected chi connectivity index (χ1v) is 28.6. The molecule has 3 atom stereocenters. The van der Waals surface area contributed by atoms with Crippen LogP contribution in [0.1, 0.15) is 284 Å². The van der Waals surface area contributed by atoms with Crippen LogP contribution in [0.15, 0.2) is 60.8 Å². The van der Waals surface area contributed by atoms with E-state index in [1.165, 1.54) is 154 Å². The van der Waals surface area contributed by atoms with Gasteiger partial charge in [0.15, 0.2) is 0 Å². The highest BCUT2D eigenvalue weighted by atomic mass is 16.5. The van der Waals surface area contributed by atoms with Crippen LogP contribution in [0, 0.1) is 0 Å². The number of carbonyl (C=O) groups excluding carboxylic acids is 2. The van der Waals surface area contributed by atoms with Crippen LogP contribution in [0.25, 0.3) is 0 Å². The van der Waals surface area contributed by atoms with Crippen molar-refractivity contribution >= 4 is 11.9 Å². The molecule has 0 heterocycles. The number of allylic oxidation sites excluding steroid dienone is 10. The molecule has 3 N–H and O–H groups in total. The second-order valence-corrected chi connectivity index (χ2v) is 19.4. The fraction of sp³-hybridized carbons (Fsp3) is 0.800. The number of carbonyl (C=O) groups is 2. The maximum Gasteiger partial charge on any atom is 0.306 e. The lowest BCUT2D eigenvalue weighted by Gasteiger charge is -2.24. The molecule has 6 heteroatoms. The first kappa shape index (κ1) is 63.6. The number of rotatable bonds is 51. The first-order valence-electron chi connectivity index (χ1n) is 28.6. The highest BCUT2D eigenvalue weighted by Gasteiger charge is 2.24. The summed E-state index contributed by atoms with van der Waals surface area (Å²) >= 11 is 0. The predicted octanol–water partition coefficient (Wildman–Crippen LogP) is 17.6. The fourth-order valence-electron chi connectivity index (χ4n) is 8.60. The van der Waals surface area contributed by atoms with E-state index in [4.69, 9.17) is 4.74 Å². The van der Waals surface area contributed by atoms with Crippen LogP contribution in [0.3, 0.4) is 0 Å². The molecule has 0 aromatic heterocycles. The minimum Gasteiger partial charge on any atom is -0.462 e. The number of aliphatic hydroxyl groups is 2. The number of unbranched alkanes of at least 4 members (excludes halogenated alkanes) is 32. The van der Waals surface area contributed by atoms with Gasteiger partial charge in [0.2, 0.25) is 5.91 Å². The lowest BCUT2D eigenvalue weighted by molar-refractivity contribution is -0.151. The highest BCUT2D eigenvalue weighted by molar-refractivity contribution is 5.77. The average molecular weight is 925 g/mol. The van der Waals surface area contributed by atoms with Crippen molar-refractivity contribution in [3.63, 3.8) is 0 Å². The summed E-state index contributed by atoms with van der Waals surface area (Å²) < 4.78 is 5.94. The Balaban J connectivity index is 4.61. The molecule has 0 saturated carbocycles. The topological polar surface area (TPSA) is 95.9 Å². The number of hydrogen-bond acceptors (Lipinski definition) is 5. The van der Waals surface area contributed by atoms with E-state index in [-0.39, 0.29) is 24.9 Å². The molecule has 0 aliphatic rings. The number of nitrogens with one attached hydrogen (secondary N) is 1. The molecule has 0 aromatic carbocycles. The first-order chi connectivity index (χ1) is 32.5. The lowest BCUT2D eigenvalue weighted by Crippen LogP contribution is -2.46. The van der Waals surface area contributed by atoms with E-state index in [1.807, 2.05) is 0 Å². The summed E-state index contributed by atoms with van der Waals surface area (Å²) in [5, 5.41) is 23.9. The van der Waals surface area contributed by atoms with Crippen LogP contribution in [-0.4, -0.2) is 46.9 Å². The Kier molecular flexibility index (Phi) is 51.5. The van der Waals surface area contributed by atoms with Gasteiger partial charge in [-0.25, -0.2) is 0 Å². The fourth-order valence-corrected chi connectivity index (χ4v) is 8.60. The second kappa shape index (κ2) is 53.5. The second-order valence-electron chi connectivity index (χ2n) is 19.4. The Morgan fingerprint density at radius 1 is 0.455 bits per heavy atom. The third kappa shape index (κ3) is 48.0. The van der Waals surface area contributed by atoms with Crippen molar-refractivity contribution in [1.82, 2.24) is 5.32 Å². The molecule has 0 saturated heterocycles. The molecule has 66 heavy (non-hydrogen) atoms. The molecular formula is C60H109NO5. The molecule has 6 nitrogen and oxygen atoms in total. The Hall–Kier alpha value is -2.44. The molecule has 384 valence electrons. The zero-order valence-electron chi connectivity index (χ0n) is 43.8. The van der Waals surface area contributed by atoms with Gasteiger partial charge in [-0.2, -0.15) is 0 Å². The van der Waals surface area contributed by atoms with Gasteiger partial charge in [-0.05, 0) is 70.6 Å². The minimum atomic E-state index is -0.799. The summed E-state index contributed by atoms with van der Waals surface area (Å²) in [6, 6.07) is -0.715. The standard InChI is InChI=1S/C60H109NO5/c1-4-7-10-13-16-19-22-25-28-31-33-36-39-42-45-48-51-56(66-60(65)53-50-47-44-41-38-35-30-27-24-21-18-15-12-9-6-3)54-59(64)61-57(55-62)58(63)52-49-46-43-40-37-34-32-29-26-23-20-17-14-11-8-5-2/h9,12,15,18,21,24,28,31,33,36,56-58,62-63H,4-8,10-11,13-14,16-17,19-20,22-23,25-27,29-30,32,34-35,37-55H2,1-3H3,(H,61,64)/b12-9+,18-15+,24-21+,31-28+,36-33+. The number of esters is 1. The Labute approximate surface area is 409 Å². The van der Waals surface area contributed by atoms with Crippen LogP contribution in [0.4, 0.5) is 0 Å². The highest BCUT2D eigenvalue weighted by Crippen LogP contribution is 2.18. The summed E-state index contributed by atoms with van der Waals surface area (Å²) in [7, 11) is 0. The van der Waals surface area contributed by atoms with E-state index < -0.39 is 18.2 Å². The maximum absolute atomic E-state index is 13.3. The zero-order valence-corrected chi connectivity index (χ0v) is 43.8. The number of amides is 1. The minimum absolute atomic E-state index is 0.0544. The van der Waals surface area contributed by atoms with Crippen molar-refractivity contribution in [1.29, 1.82) is 0 Å². The molecule has 0 aliphatic carbocycles. The van der Waals surface area contributed by atoms with Gasteiger partial charge in [-0.15, -0.1) is 0 Å². The van der Waals surface area contributed by atoms with E-state index in [0.717, 1.165) is 83.5 Å². The Bertz CT molecular complexity index is 1170. The zero-order chi connectivity index (χ0) is 48.1. The van der Waals surface area contributed by atoms with Crippen molar-refractivity contribution in [2.75, 3.05) is 6.61 Å². The molecule has 1 amide bonds. The van der Waals surface area contributed by atoms with Crippen molar-refractivity contribution in [3.05, 3.63) is 60.8 Å². The SMILES string of the molecule is CC/C=C/C=C/C=C/CCCCCCCCCC(=O)OC(CCCCC/C=C/C=C/CCCCCCCCC)CC(=O)NC(CO)C(O)CCCCCCCCCCCCCCCCCC. The molecule has 0 spiro atoms. The van der Waals surface area contributed by atoms with Gasteiger partial charge < -0.3 is 20.3 Å². The molecule has 0 radical (unpaired) electrons. The molecule has 0 fully saturated rings. The average Bonchev–Trinajstić information content (AvgIpc) is 3.31. The molecule has 0 aromatic rings. The van der Waals surface area contributed by atoms with Crippen LogP contribution in [0.5, 0.6) is 0 Å². The van der Waals surface area contributed by atoms with Gasteiger partial charge in [-0.3, -0.25) is 9.59 Å². The van der Waals surface area contributed by atoms with Crippen LogP contribution >= 0.6 is 0 Å². The summed E-state index contributed by atoms with van der Waals surface area (Å²) in [6.07, 6.45) is 67.1. The number of ether oxygens (including phenoxy) is 1. The van der Waals surface area contributed by atoms with Gasteiger partial charge in [0.25, 0.3) is 0 Å². The summed E-state index contributed by atoms with van der Waals surface area (Å²) in [6.45, 7) is 6.36. The molecule has 0 aliphatic heterocycles. The van der Waals surface area contributed by atoms with E-state index in [2.05, 4.69) is 86.8 Å². The summed E-state index contributed by atoms with van der Waals surface area (Å²) in [5.74, 6) is -0.507. The normalized spacial score (nSPS) is 13.6. The van der Waals surface area contributed by atoms with Crippen LogP contribution in [0.2, 0.25) is 0 Å². The number of aliphatic hydroxyl groups excluding tert-OH is 2. The van der Waals surface area contributed by atoms with Gasteiger partial charge in [0.1, 0.15) is 6.10 Å². The summed E-state index contributed by atoms with van der Waals surface area (Å²) in [4.78, 5) is 26.3. The van der Waals surface area contributed by atoms with Crippen molar-refractivity contribution < 1.29 is 24.5 Å². The molecule has 3 unspecified atom stereocenters.